The first-order chi connectivity index (χ1) is 14.1. The summed E-state index contributed by atoms with van der Waals surface area (Å²) in [6.45, 7) is 11.0. The van der Waals surface area contributed by atoms with Crippen LogP contribution in [-0.4, -0.2) is 35.4 Å². The Morgan fingerprint density at radius 3 is 2.40 bits per heavy atom. The van der Waals surface area contributed by atoms with Crippen molar-refractivity contribution < 1.29 is 18.7 Å². The Labute approximate surface area is 178 Å². The highest BCUT2D eigenvalue weighted by Crippen LogP contribution is 2.23. The Balaban J connectivity index is 2.23. The highest BCUT2D eigenvalue weighted by atomic mass is 19.1. The Bertz CT molecular complexity index is 911. The van der Waals surface area contributed by atoms with E-state index >= 15 is 0 Å². The van der Waals surface area contributed by atoms with E-state index < -0.39 is 11.9 Å². The van der Waals surface area contributed by atoms with Gasteiger partial charge in [0.15, 0.2) is 6.61 Å². The summed E-state index contributed by atoms with van der Waals surface area (Å²) in [7, 11) is 0. The van der Waals surface area contributed by atoms with Crippen molar-refractivity contribution in [1.29, 1.82) is 0 Å². The summed E-state index contributed by atoms with van der Waals surface area (Å²) in [4.78, 5) is 27.0. The number of halogens is 1. The average molecular weight is 415 g/mol. The van der Waals surface area contributed by atoms with Crippen molar-refractivity contribution in [3.05, 3.63) is 64.5 Å². The molecule has 1 atom stereocenters. The van der Waals surface area contributed by atoms with Crippen LogP contribution in [0.2, 0.25) is 0 Å². The van der Waals surface area contributed by atoms with Gasteiger partial charge in [0.25, 0.3) is 5.91 Å². The second-order valence-corrected chi connectivity index (χ2v) is 7.95. The molecule has 2 amide bonds. The van der Waals surface area contributed by atoms with Gasteiger partial charge in [0.1, 0.15) is 17.6 Å². The first kappa shape index (κ1) is 23.4. The molecular weight excluding hydrogens is 383 g/mol. The number of nitrogens with one attached hydrogen (secondary N) is 1. The van der Waals surface area contributed by atoms with E-state index in [2.05, 4.69) is 5.32 Å². The fourth-order valence-corrected chi connectivity index (χ4v) is 3.17. The van der Waals surface area contributed by atoms with E-state index in [1.165, 1.54) is 11.0 Å². The van der Waals surface area contributed by atoms with Crippen molar-refractivity contribution >= 4 is 11.8 Å². The molecule has 0 fully saturated rings. The van der Waals surface area contributed by atoms with Crippen LogP contribution in [0.25, 0.3) is 0 Å². The summed E-state index contributed by atoms with van der Waals surface area (Å²) in [5.41, 5.74) is 3.41. The Kier molecular flexibility index (Phi) is 7.98. The zero-order chi connectivity index (χ0) is 22.4. The molecule has 0 aliphatic heterocycles. The lowest BCUT2D eigenvalue weighted by Gasteiger charge is -2.29. The van der Waals surface area contributed by atoms with Gasteiger partial charge in [-0.05, 0) is 70.4 Å². The molecule has 6 heteroatoms. The third-order valence-electron chi connectivity index (χ3n) is 5.01. The summed E-state index contributed by atoms with van der Waals surface area (Å²) in [6, 6.07) is 9.33. The van der Waals surface area contributed by atoms with Crippen molar-refractivity contribution in [1.82, 2.24) is 10.2 Å². The minimum atomic E-state index is -0.775. The van der Waals surface area contributed by atoms with E-state index in [-0.39, 0.29) is 31.0 Å². The molecular formula is C24H31FN2O3. The Morgan fingerprint density at radius 2 is 1.77 bits per heavy atom. The number of hydrogen-bond acceptors (Lipinski definition) is 3. The molecule has 0 bridgehead atoms. The van der Waals surface area contributed by atoms with Crippen molar-refractivity contribution in [2.45, 2.75) is 60.2 Å². The minimum absolute atomic E-state index is 0.0205. The molecule has 1 N–H and O–H groups in total. The normalized spacial score (nSPS) is 11.9. The van der Waals surface area contributed by atoms with Crippen LogP contribution in [0.5, 0.6) is 5.75 Å². The highest BCUT2D eigenvalue weighted by Gasteiger charge is 2.27. The van der Waals surface area contributed by atoms with E-state index in [1.807, 2.05) is 46.8 Å². The molecule has 30 heavy (non-hydrogen) atoms. The number of rotatable bonds is 8. The van der Waals surface area contributed by atoms with Gasteiger partial charge < -0.3 is 15.0 Å². The number of nitrogens with zero attached hydrogens (tertiary/aromatic N) is 1. The zero-order valence-corrected chi connectivity index (χ0v) is 18.6. The predicted molar refractivity (Wildman–Crippen MR) is 116 cm³/mol. The van der Waals surface area contributed by atoms with Gasteiger partial charge in [-0.1, -0.05) is 24.3 Å². The molecule has 0 saturated heterocycles. The summed E-state index contributed by atoms with van der Waals surface area (Å²) in [6.07, 6.45) is 0. The molecule has 0 saturated carbocycles. The lowest BCUT2D eigenvalue weighted by atomic mass is 10.1. The van der Waals surface area contributed by atoms with Gasteiger partial charge in [0.2, 0.25) is 5.91 Å². The maximum atomic E-state index is 14.2. The van der Waals surface area contributed by atoms with Crippen LogP contribution >= 0.6 is 0 Å². The Hall–Kier alpha value is -2.89. The molecule has 0 aromatic heterocycles. The van der Waals surface area contributed by atoms with Gasteiger partial charge in [-0.3, -0.25) is 9.59 Å². The molecule has 2 aromatic rings. The van der Waals surface area contributed by atoms with Gasteiger partial charge in [0.05, 0.1) is 0 Å². The lowest BCUT2D eigenvalue weighted by molar-refractivity contribution is -0.142. The van der Waals surface area contributed by atoms with E-state index in [4.69, 9.17) is 4.74 Å². The topological polar surface area (TPSA) is 58.6 Å². The fraction of sp³-hybridized carbons (Fsp3) is 0.417. The maximum absolute atomic E-state index is 14.2. The second kappa shape index (κ2) is 10.2. The molecule has 0 radical (unpaired) electrons. The van der Waals surface area contributed by atoms with Crippen LogP contribution in [-0.2, 0) is 16.1 Å². The average Bonchev–Trinajstić information content (AvgIpc) is 2.67. The van der Waals surface area contributed by atoms with E-state index in [0.717, 1.165) is 16.7 Å². The quantitative estimate of drug-likeness (QED) is 0.708. The number of ether oxygens (including phenoxy) is 1. The second-order valence-electron chi connectivity index (χ2n) is 7.95. The van der Waals surface area contributed by atoms with Crippen LogP contribution < -0.4 is 10.1 Å². The summed E-state index contributed by atoms with van der Waals surface area (Å²) < 4.78 is 20.0. The zero-order valence-electron chi connectivity index (χ0n) is 18.6. The first-order valence-corrected chi connectivity index (χ1v) is 10.1. The van der Waals surface area contributed by atoms with Crippen LogP contribution in [0.15, 0.2) is 36.4 Å². The molecule has 162 valence electrons. The van der Waals surface area contributed by atoms with Gasteiger partial charge in [-0.25, -0.2) is 4.39 Å². The van der Waals surface area contributed by atoms with Gasteiger partial charge in [-0.2, -0.15) is 0 Å². The summed E-state index contributed by atoms with van der Waals surface area (Å²) in [5.74, 6) is -0.468. The first-order valence-electron chi connectivity index (χ1n) is 10.1. The van der Waals surface area contributed by atoms with Gasteiger partial charge in [0, 0.05) is 18.2 Å². The predicted octanol–water partition coefficient (Wildman–Crippen LogP) is 4.07. The number of amides is 2. The van der Waals surface area contributed by atoms with Crippen molar-refractivity contribution in [3.63, 3.8) is 0 Å². The minimum Gasteiger partial charge on any atom is -0.483 e. The Morgan fingerprint density at radius 1 is 1.10 bits per heavy atom. The number of carbonyl (C=O) groups excluding carboxylic acids is 2. The number of benzene rings is 2. The van der Waals surface area contributed by atoms with E-state index in [1.54, 1.807) is 25.1 Å². The van der Waals surface area contributed by atoms with Crippen molar-refractivity contribution in [2.75, 3.05) is 6.61 Å². The fourth-order valence-electron chi connectivity index (χ4n) is 3.17. The van der Waals surface area contributed by atoms with Crippen LogP contribution in [0.1, 0.15) is 43.0 Å². The van der Waals surface area contributed by atoms with Crippen molar-refractivity contribution in [3.8, 4) is 5.75 Å². The van der Waals surface area contributed by atoms with Crippen molar-refractivity contribution in [2.24, 2.45) is 0 Å². The smallest absolute Gasteiger partial charge is 0.261 e. The van der Waals surface area contributed by atoms with Crippen LogP contribution in [0.4, 0.5) is 4.39 Å². The SMILES string of the molecule is Cc1cc(C)c(C)c(OCC(=O)N(Cc2ccccc2F)[C@@H](C)C(=O)NC(C)C)c1. The summed E-state index contributed by atoms with van der Waals surface area (Å²) in [5, 5.41) is 2.81. The number of aryl methyl sites for hydroxylation is 2. The third-order valence-corrected chi connectivity index (χ3v) is 5.01. The number of hydrogen-bond donors (Lipinski definition) is 1. The molecule has 0 spiro atoms. The molecule has 5 nitrogen and oxygen atoms in total. The highest BCUT2D eigenvalue weighted by molar-refractivity contribution is 5.88. The molecule has 0 unspecified atom stereocenters. The lowest BCUT2D eigenvalue weighted by Crippen LogP contribution is -2.50. The molecule has 0 heterocycles. The summed E-state index contributed by atoms with van der Waals surface area (Å²) >= 11 is 0. The van der Waals surface area contributed by atoms with Gasteiger partial charge >= 0.3 is 0 Å². The number of carbonyl (C=O) groups is 2. The van der Waals surface area contributed by atoms with Crippen LogP contribution in [0, 0.1) is 26.6 Å². The molecule has 2 rings (SSSR count). The third kappa shape index (κ3) is 6.05. The largest absolute Gasteiger partial charge is 0.483 e. The van der Waals surface area contributed by atoms with Crippen LogP contribution in [0.3, 0.4) is 0 Å². The molecule has 2 aromatic carbocycles. The standard InChI is InChI=1S/C24H31FN2O3/c1-15(2)26-24(29)19(6)27(13-20-9-7-8-10-21(20)25)23(28)14-30-22-12-16(3)11-17(4)18(22)5/h7-12,15,19H,13-14H2,1-6H3,(H,26,29)/t19-/m0/s1. The van der Waals surface area contributed by atoms with E-state index in [0.29, 0.717) is 11.3 Å². The molecule has 0 aliphatic rings. The van der Waals surface area contributed by atoms with E-state index in [9.17, 15) is 14.0 Å². The monoisotopic (exact) mass is 414 g/mol. The maximum Gasteiger partial charge on any atom is 0.261 e. The van der Waals surface area contributed by atoms with Gasteiger partial charge in [-0.15, -0.1) is 0 Å². The molecule has 0 aliphatic carbocycles.